The SMILES string of the molecule is c1ccc(-c2nc(-c3ccccc3)nc(-c3ccc(-n4c5ccccc5c5cc(-c6nc7ccccc7s6)ccc54)c4ccccc34)n2)cc1. The van der Waals surface area contributed by atoms with Gasteiger partial charge in [0.1, 0.15) is 5.01 Å². The van der Waals surface area contributed by atoms with E-state index < -0.39 is 0 Å². The van der Waals surface area contributed by atoms with Crippen molar-refractivity contribution in [2.24, 2.45) is 0 Å². The van der Waals surface area contributed by atoms with Crippen molar-refractivity contribution in [1.29, 1.82) is 0 Å². The lowest BCUT2D eigenvalue weighted by Gasteiger charge is -2.15. The van der Waals surface area contributed by atoms with E-state index in [-0.39, 0.29) is 0 Å². The van der Waals surface area contributed by atoms with E-state index in [1.807, 2.05) is 66.7 Å². The molecule has 10 rings (SSSR count). The summed E-state index contributed by atoms with van der Waals surface area (Å²) < 4.78 is 3.58. The van der Waals surface area contributed by atoms with Crippen LogP contribution in [-0.2, 0) is 0 Å². The summed E-state index contributed by atoms with van der Waals surface area (Å²) in [5.74, 6) is 1.94. The van der Waals surface area contributed by atoms with Gasteiger partial charge in [-0.05, 0) is 53.9 Å². The van der Waals surface area contributed by atoms with Gasteiger partial charge in [0.15, 0.2) is 17.5 Å². The lowest BCUT2D eigenvalue weighted by molar-refractivity contribution is 1.08. The van der Waals surface area contributed by atoms with E-state index >= 15 is 0 Å². The molecule has 0 saturated heterocycles. The first-order valence-corrected chi connectivity index (χ1v) is 17.4. The number of aromatic nitrogens is 5. The standard InChI is InChI=1S/C44H27N5S/c1-3-13-28(14-4-1)41-46-42(29-15-5-2-6-16-29)48-43(47-41)34-24-26-38(32-18-8-7-17-31(32)34)49-37-21-11-9-19-33(37)35-27-30(23-25-39(35)49)44-45-36-20-10-12-22-40(36)50-44/h1-27H. The number of thiazole rings is 1. The molecule has 0 aliphatic carbocycles. The van der Waals surface area contributed by atoms with Crippen LogP contribution in [-0.4, -0.2) is 24.5 Å². The van der Waals surface area contributed by atoms with Gasteiger partial charge in [-0.3, -0.25) is 0 Å². The first-order valence-electron chi connectivity index (χ1n) is 16.6. The Hall–Kier alpha value is -6.50. The van der Waals surface area contributed by atoms with Crippen LogP contribution >= 0.6 is 11.3 Å². The molecule has 0 bridgehead atoms. The van der Waals surface area contributed by atoms with E-state index in [0.29, 0.717) is 17.5 Å². The molecule has 234 valence electrons. The van der Waals surface area contributed by atoms with Crippen LogP contribution in [0.1, 0.15) is 0 Å². The third-order valence-electron chi connectivity index (χ3n) is 9.30. The zero-order valence-electron chi connectivity index (χ0n) is 26.7. The Labute approximate surface area is 291 Å². The predicted molar refractivity (Wildman–Crippen MR) is 207 cm³/mol. The molecule has 0 unspecified atom stereocenters. The Bertz CT molecular complexity index is 2780. The van der Waals surface area contributed by atoms with Crippen molar-refractivity contribution in [3.8, 4) is 50.4 Å². The minimum Gasteiger partial charge on any atom is -0.309 e. The van der Waals surface area contributed by atoms with E-state index in [9.17, 15) is 0 Å². The van der Waals surface area contributed by atoms with Crippen molar-refractivity contribution in [2.75, 3.05) is 0 Å². The van der Waals surface area contributed by atoms with Crippen LogP contribution in [0.15, 0.2) is 164 Å². The van der Waals surface area contributed by atoms with E-state index in [1.165, 1.54) is 15.5 Å². The van der Waals surface area contributed by atoms with Gasteiger partial charge in [-0.2, -0.15) is 0 Å². The highest BCUT2D eigenvalue weighted by Crippen LogP contribution is 2.40. The number of rotatable bonds is 5. The molecule has 3 heterocycles. The first-order chi connectivity index (χ1) is 24.8. The van der Waals surface area contributed by atoms with Crippen molar-refractivity contribution in [2.45, 2.75) is 0 Å². The van der Waals surface area contributed by atoms with Gasteiger partial charge in [0.05, 0.1) is 26.9 Å². The predicted octanol–water partition coefficient (Wildman–Crippen LogP) is 11.4. The maximum Gasteiger partial charge on any atom is 0.164 e. The minimum atomic E-state index is 0.642. The van der Waals surface area contributed by atoms with Crippen LogP contribution in [0.4, 0.5) is 0 Å². The molecule has 0 atom stereocenters. The van der Waals surface area contributed by atoms with Crippen LogP contribution in [0.3, 0.4) is 0 Å². The van der Waals surface area contributed by atoms with Gasteiger partial charge in [0.2, 0.25) is 0 Å². The summed E-state index contributed by atoms with van der Waals surface area (Å²) in [6.45, 7) is 0. The second-order valence-corrected chi connectivity index (χ2v) is 13.3. The van der Waals surface area contributed by atoms with Crippen LogP contribution < -0.4 is 0 Å². The largest absolute Gasteiger partial charge is 0.309 e. The third kappa shape index (κ3) is 4.69. The molecule has 6 heteroatoms. The fourth-order valence-electron chi connectivity index (χ4n) is 6.96. The monoisotopic (exact) mass is 657 g/mol. The lowest BCUT2D eigenvalue weighted by atomic mass is 10.0. The zero-order valence-corrected chi connectivity index (χ0v) is 27.5. The average molecular weight is 658 g/mol. The molecule has 10 aromatic rings. The lowest BCUT2D eigenvalue weighted by Crippen LogP contribution is -2.01. The highest BCUT2D eigenvalue weighted by Gasteiger charge is 2.19. The van der Waals surface area contributed by atoms with Gasteiger partial charge in [0.25, 0.3) is 0 Å². The fraction of sp³-hybridized carbons (Fsp3) is 0. The van der Waals surface area contributed by atoms with E-state index in [4.69, 9.17) is 19.9 Å². The average Bonchev–Trinajstić information content (AvgIpc) is 3.77. The molecule has 0 saturated carbocycles. The number of benzene rings is 7. The third-order valence-corrected chi connectivity index (χ3v) is 10.4. The highest BCUT2D eigenvalue weighted by molar-refractivity contribution is 7.21. The molecule has 50 heavy (non-hydrogen) atoms. The molecule has 0 spiro atoms. The van der Waals surface area contributed by atoms with Crippen molar-refractivity contribution < 1.29 is 0 Å². The zero-order chi connectivity index (χ0) is 33.0. The minimum absolute atomic E-state index is 0.642. The summed E-state index contributed by atoms with van der Waals surface area (Å²) >= 11 is 1.73. The van der Waals surface area contributed by atoms with Crippen LogP contribution in [0, 0.1) is 0 Å². The number of para-hydroxylation sites is 2. The Balaban J connectivity index is 1.18. The highest BCUT2D eigenvalue weighted by atomic mass is 32.1. The molecule has 3 aromatic heterocycles. The maximum absolute atomic E-state index is 5.06. The van der Waals surface area contributed by atoms with E-state index in [1.54, 1.807) is 11.3 Å². The van der Waals surface area contributed by atoms with Gasteiger partial charge in [-0.1, -0.05) is 115 Å². The quantitative estimate of drug-likeness (QED) is 0.185. The molecular formula is C44H27N5S. The smallest absolute Gasteiger partial charge is 0.164 e. The van der Waals surface area contributed by atoms with Crippen molar-refractivity contribution in [3.63, 3.8) is 0 Å². The summed E-state index contributed by atoms with van der Waals surface area (Å²) in [7, 11) is 0. The van der Waals surface area contributed by atoms with Crippen LogP contribution in [0.25, 0.3) is 93.2 Å². The summed E-state index contributed by atoms with van der Waals surface area (Å²) in [6, 6.07) is 56.9. The van der Waals surface area contributed by atoms with E-state index in [2.05, 4.69) is 102 Å². The second-order valence-electron chi connectivity index (χ2n) is 12.3. The van der Waals surface area contributed by atoms with Gasteiger partial charge in [-0.15, -0.1) is 11.3 Å². The summed E-state index contributed by atoms with van der Waals surface area (Å²) in [5.41, 5.74) is 8.41. The normalized spacial score (nSPS) is 11.6. The Morgan fingerprint density at radius 2 is 1.00 bits per heavy atom. The Morgan fingerprint density at radius 1 is 0.400 bits per heavy atom. The van der Waals surface area contributed by atoms with Crippen molar-refractivity contribution in [3.05, 3.63) is 164 Å². The van der Waals surface area contributed by atoms with Crippen molar-refractivity contribution in [1.82, 2.24) is 24.5 Å². The van der Waals surface area contributed by atoms with Crippen LogP contribution in [0.2, 0.25) is 0 Å². The summed E-state index contributed by atoms with van der Waals surface area (Å²) in [5, 5.41) is 5.62. The van der Waals surface area contributed by atoms with E-state index in [0.717, 1.165) is 60.3 Å². The van der Waals surface area contributed by atoms with Gasteiger partial charge >= 0.3 is 0 Å². The van der Waals surface area contributed by atoms with Gasteiger partial charge in [-0.25, -0.2) is 19.9 Å². The molecule has 7 aromatic carbocycles. The summed E-state index contributed by atoms with van der Waals surface area (Å²) in [4.78, 5) is 20.0. The molecule has 0 fully saturated rings. The Morgan fingerprint density at radius 3 is 1.74 bits per heavy atom. The maximum atomic E-state index is 5.06. The Kier molecular flexibility index (Phi) is 6.60. The van der Waals surface area contributed by atoms with Crippen LogP contribution in [0.5, 0.6) is 0 Å². The van der Waals surface area contributed by atoms with Gasteiger partial charge in [0, 0.05) is 38.4 Å². The number of fused-ring (bicyclic) bond motifs is 5. The molecule has 0 radical (unpaired) electrons. The molecule has 5 nitrogen and oxygen atoms in total. The second kappa shape index (κ2) is 11.6. The van der Waals surface area contributed by atoms with Gasteiger partial charge < -0.3 is 4.57 Å². The number of hydrogen-bond donors (Lipinski definition) is 0. The van der Waals surface area contributed by atoms with Crippen molar-refractivity contribution >= 4 is 54.1 Å². The number of hydrogen-bond acceptors (Lipinski definition) is 5. The molecular weight excluding hydrogens is 631 g/mol. The fourth-order valence-corrected chi connectivity index (χ4v) is 7.93. The molecule has 0 N–H and O–H groups in total. The number of nitrogens with zero attached hydrogens (tertiary/aromatic N) is 5. The summed E-state index contributed by atoms with van der Waals surface area (Å²) in [6.07, 6.45) is 0. The molecule has 0 aliphatic heterocycles. The molecule has 0 aliphatic rings. The molecule has 0 amide bonds. The topological polar surface area (TPSA) is 56.5 Å². The first kappa shape index (κ1) is 28.5.